The van der Waals surface area contributed by atoms with Crippen molar-refractivity contribution >= 4 is 5.91 Å². The summed E-state index contributed by atoms with van der Waals surface area (Å²) in [6.07, 6.45) is 5.90. The molecule has 1 amide bonds. The van der Waals surface area contributed by atoms with Gasteiger partial charge in [0.05, 0.1) is 12.0 Å². The number of carbonyl (C=O) groups excluding carboxylic acids is 1. The van der Waals surface area contributed by atoms with E-state index in [2.05, 4.69) is 15.1 Å². The smallest absolute Gasteiger partial charge is 0.231 e. The van der Waals surface area contributed by atoms with Crippen LogP contribution in [0, 0.1) is 5.41 Å². The first-order chi connectivity index (χ1) is 10.2. The lowest BCUT2D eigenvalue weighted by atomic mass is 9.78. The topological polar surface area (TPSA) is 44.8 Å². The Morgan fingerprint density at radius 2 is 1.86 bits per heavy atom. The summed E-state index contributed by atoms with van der Waals surface area (Å²) in [6.45, 7) is 6.32. The summed E-state index contributed by atoms with van der Waals surface area (Å²) in [7, 11) is 1.71. The van der Waals surface area contributed by atoms with E-state index in [-0.39, 0.29) is 5.41 Å². The highest BCUT2D eigenvalue weighted by Crippen LogP contribution is 2.33. The molecule has 0 aromatic rings. The van der Waals surface area contributed by atoms with E-state index in [1.54, 1.807) is 7.11 Å². The van der Waals surface area contributed by atoms with E-state index in [9.17, 15) is 4.79 Å². The largest absolute Gasteiger partial charge is 0.384 e. The molecule has 0 aromatic heterocycles. The Balaban J connectivity index is 1.58. The van der Waals surface area contributed by atoms with Crippen LogP contribution in [0.1, 0.15) is 32.1 Å². The third kappa shape index (κ3) is 3.10. The van der Waals surface area contributed by atoms with E-state index in [0.29, 0.717) is 12.5 Å². The highest BCUT2D eigenvalue weighted by molar-refractivity contribution is 5.83. The van der Waals surface area contributed by atoms with Gasteiger partial charge in [0.25, 0.3) is 0 Å². The molecule has 120 valence electrons. The minimum absolute atomic E-state index is 0.279. The van der Waals surface area contributed by atoms with Crippen molar-refractivity contribution in [1.29, 1.82) is 0 Å². The lowest BCUT2D eigenvalue weighted by Gasteiger charge is -2.46. The second kappa shape index (κ2) is 6.63. The van der Waals surface area contributed by atoms with Crippen LogP contribution in [0.2, 0.25) is 0 Å². The molecule has 2 aliphatic heterocycles. The van der Waals surface area contributed by atoms with Crippen molar-refractivity contribution in [2.45, 2.75) is 38.1 Å². The number of hydrogen-bond donors (Lipinski definition) is 1. The predicted molar refractivity (Wildman–Crippen MR) is 82.2 cm³/mol. The molecule has 2 saturated heterocycles. The molecule has 0 atom stereocenters. The molecule has 1 aliphatic carbocycles. The fourth-order valence-electron chi connectivity index (χ4n) is 3.98. The van der Waals surface area contributed by atoms with Gasteiger partial charge in [-0.3, -0.25) is 9.69 Å². The molecule has 3 rings (SSSR count). The number of nitrogens with zero attached hydrogens (tertiary/aromatic N) is 2. The maximum atomic E-state index is 13.0. The molecule has 0 aromatic carbocycles. The van der Waals surface area contributed by atoms with Crippen molar-refractivity contribution in [3.63, 3.8) is 0 Å². The first-order valence-electron chi connectivity index (χ1n) is 8.48. The molecule has 2 heterocycles. The molecule has 1 saturated carbocycles. The Bertz CT molecular complexity index is 351. The van der Waals surface area contributed by atoms with E-state index in [0.717, 1.165) is 58.2 Å². The van der Waals surface area contributed by atoms with Gasteiger partial charge in [-0.25, -0.2) is 0 Å². The second-order valence-electron chi connectivity index (χ2n) is 6.88. The highest BCUT2D eigenvalue weighted by atomic mass is 16.5. The Hall–Kier alpha value is -0.650. The SMILES string of the molecule is COCC1(C(=O)N2CCN(C3CCC3)CC2)CCNCC1. The number of piperazine rings is 1. The van der Waals surface area contributed by atoms with E-state index in [1.807, 2.05) is 0 Å². The molecule has 3 aliphatic rings. The lowest BCUT2D eigenvalue weighted by molar-refractivity contribution is -0.150. The van der Waals surface area contributed by atoms with Crippen LogP contribution in [0.5, 0.6) is 0 Å². The number of carbonyl (C=O) groups is 1. The van der Waals surface area contributed by atoms with Gasteiger partial charge < -0.3 is 15.0 Å². The number of rotatable bonds is 4. The first kappa shape index (κ1) is 15.3. The number of piperidine rings is 1. The number of amides is 1. The molecule has 0 unspecified atom stereocenters. The Morgan fingerprint density at radius 3 is 2.38 bits per heavy atom. The van der Waals surface area contributed by atoms with E-state index in [1.165, 1.54) is 19.3 Å². The molecule has 21 heavy (non-hydrogen) atoms. The van der Waals surface area contributed by atoms with Crippen LogP contribution < -0.4 is 5.32 Å². The first-order valence-corrected chi connectivity index (χ1v) is 8.48. The van der Waals surface area contributed by atoms with Crippen LogP contribution >= 0.6 is 0 Å². The Morgan fingerprint density at radius 1 is 1.19 bits per heavy atom. The van der Waals surface area contributed by atoms with Gasteiger partial charge in [-0.2, -0.15) is 0 Å². The maximum Gasteiger partial charge on any atom is 0.231 e. The van der Waals surface area contributed by atoms with Crippen LogP contribution in [-0.4, -0.2) is 74.7 Å². The average Bonchev–Trinajstić information content (AvgIpc) is 2.47. The van der Waals surface area contributed by atoms with Crippen molar-refractivity contribution in [2.24, 2.45) is 5.41 Å². The zero-order valence-electron chi connectivity index (χ0n) is 13.3. The molecular weight excluding hydrogens is 266 g/mol. The van der Waals surface area contributed by atoms with Gasteiger partial charge in [-0.05, 0) is 38.8 Å². The van der Waals surface area contributed by atoms with Gasteiger partial charge >= 0.3 is 0 Å². The molecule has 5 heteroatoms. The van der Waals surface area contributed by atoms with E-state index >= 15 is 0 Å². The summed E-state index contributed by atoms with van der Waals surface area (Å²) in [5, 5.41) is 3.36. The van der Waals surface area contributed by atoms with Crippen molar-refractivity contribution in [3.05, 3.63) is 0 Å². The van der Waals surface area contributed by atoms with Crippen LogP contribution in [0.25, 0.3) is 0 Å². The number of methoxy groups -OCH3 is 1. The molecule has 1 N–H and O–H groups in total. The Labute approximate surface area is 128 Å². The van der Waals surface area contributed by atoms with Crippen molar-refractivity contribution < 1.29 is 9.53 Å². The monoisotopic (exact) mass is 295 g/mol. The fourth-order valence-corrected chi connectivity index (χ4v) is 3.98. The minimum Gasteiger partial charge on any atom is -0.384 e. The minimum atomic E-state index is -0.279. The lowest BCUT2D eigenvalue weighted by Crippen LogP contribution is -2.58. The molecule has 0 bridgehead atoms. The third-order valence-electron chi connectivity index (χ3n) is 5.63. The molecule has 3 fully saturated rings. The zero-order valence-corrected chi connectivity index (χ0v) is 13.3. The van der Waals surface area contributed by atoms with Crippen molar-refractivity contribution in [2.75, 3.05) is 53.0 Å². The van der Waals surface area contributed by atoms with E-state index < -0.39 is 0 Å². The van der Waals surface area contributed by atoms with Crippen molar-refractivity contribution in [3.8, 4) is 0 Å². The van der Waals surface area contributed by atoms with E-state index in [4.69, 9.17) is 4.74 Å². The Kier molecular flexibility index (Phi) is 4.82. The van der Waals surface area contributed by atoms with Gasteiger partial charge in [-0.1, -0.05) is 6.42 Å². The van der Waals surface area contributed by atoms with Gasteiger partial charge in [0.1, 0.15) is 0 Å². The van der Waals surface area contributed by atoms with Gasteiger partial charge in [0.15, 0.2) is 0 Å². The molecular formula is C16H29N3O2. The maximum absolute atomic E-state index is 13.0. The second-order valence-corrected chi connectivity index (χ2v) is 6.88. The number of ether oxygens (including phenoxy) is 1. The molecule has 0 radical (unpaired) electrons. The average molecular weight is 295 g/mol. The fraction of sp³-hybridized carbons (Fsp3) is 0.938. The van der Waals surface area contributed by atoms with Crippen LogP contribution in [0.4, 0.5) is 0 Å². The predicted octanol–water partition coefficient (Wildman–Crippen LogP) is 0.699. The summed E-state index contributed by atoms with van der Waals surface area (Å²) in [6, 6.07) is 0.800. The van der Waals surface area contributed by atoms with Gasteiger partial charge in [-0.15, -0.1) is 0 Å². The number of hydrogen-bond acceptors (Lipinski definition) is 4. The summed E-state index contributed by atoms with van der Waals surface area (Å²) in [5.41, 5.74) is -0.279. The summed E-state index contributed by atoms with van der Waals surface area (Å²) in [4.78, 5) is 17.7. The zero-order chi connectivity index (χ0) is 14.7. The van der Waals surface area contributed by atoms with Crippen LogP contribution in [0.15, 0.2) is 0 Å². The molecule has 5 nitrogen and oxygen atoms in total. The summed E-state index contributed by atoms with van der Waals surface area (Å²) in [5.74, 6) is 0.333. The van der Waals surface area contributed by atoms with Crippen LogP contribution in [-0.2, 0) is 9.53 Å². The third-order valence-corrected chi connectivity index (χ3v) is 5.63. The standard InChI is InChI=1S/C16H29N3O2/c1-21-13-16(5-7-17-8-6-16)15(20)19-11-9-18(10-12-19)14-3-2-4-14/h14,17H,2-13H2,1H3. The van der Waals surface area contributed by atoms with Crippen LogP contribution in [0.3, 0.4) is 0 Å². The molecule has 0 spiro atoms. The van der Waals surface area contributed by atoms with Gasteiger partial charge in [0, 0.05) is 39.3 Å². The number of nitrogens with one attached hydrogen (secondary N) is 1. The van der Waals surface area contributed by atoms with Gasteiger partial charge in [0.2, 0.25) is 5.91 Å². The van der Waals surface area contributed by atoms with Crippen molar-refractivity contribution in [1.82, 2.24) is 15.1 Å². The quantitative estimate of drug-likeness (QED) is 0.829. The summed E-state index contributed by atoms with van der Waals surface area (Å²) >= 11 is 0. The highest BCUT2D eigenvalue weighted by Gasteiger charge is 2.43. The summed E-state index contributed by atoms with van der Waals surface area (Å²) < 4.78 is 5.40. The normalized spacial score (nSPS) is 27.4.